The van der Waals surface area contributed by atoms with Crippen LogP contribution in [-0.4, -0.2) is 21.0 Å². The van der Waals surface area contributed by atoms with Crippen LogP contribution in [0.2, 0.25) is 18.1 Å². The zero-order valence-corrected chi connectivity index (χ0v) is 11.3. The van der Waals surface area contributed by atoms with E-state index >= 15 is 0 Å². The summed E-state index contributed by atoms with van der Waals surface area (Å²) < 4.78 is 6.13. The highest BCUT2D eigenvalue weighted by Crippen LogP contribution is 2.38. The summed E-state index contributed by atoms with van der Waals surface area (Å²) in [6, 6.07) is 0.447. The highest BCUT2D eigenvalue weighted by Gasteiger charge is 2.38. The third-order valence-corrected chi connectivity index (χ3v) is 8.26. The molecule has 2 nitrogen and oxygen atoms in total. The van der Waals surface area contributed by atoms with E-state index in [1.807, 2.05) is 0 Å². The van der Waals surface area contributed by atoms with E-state index in [4.69, 9.17) is 10.2 Å². The van der Waals surface area contributed by atoms with Gasteiger partial charge in [0.25, 0.3) is 0 Å². The van der Waals surface area contributed by atoms with Crippen molar-refractivity contribution in [2.75, 3.05) is 6.61 Å². The molecule has 0 radical (unpaired) electrons. The molecular formula is C11H25NOSi. The molecule has 0 saturated heterocycles. The molecule has 84 valence electrons. The molecule has 0 aromatic heterocycles. The maximum atomic E-state index is 6.13. The first-order chi connectivity index (χ1) is 6.22. The third-order valence-electron chi connectivity index (χ3n) is 3.76. The number of hydrogen-bond donors (Lipinski definition) is 1. The lowest BCUT2D eigenvalue weighted by atomic mass is 9.82. The van der Waals surface area contributed by atoms with E-state index in [1.165, 1.54) is 0 Å². The lowest BCUT2D eigenvalue weighted by Crippen LogP contribution is -2.45. The van der Waals surface area contributed by atoms with Crippen molar-refractivity contribution in [1.29, 1.82) is 0 Å². The van der Waals surface area contributed by atoms with Gasteiger partial charge in [0.2, 0.25) is 0 Å². The fourth-order valence-corrected chi connectivity index (χ4v) is 2.55. The zero-order valence-electron chi connectivity index (χ0n) is 10.3. The third kappa shape index (κ3) is 2.81. The van der Waals surface area contributed by atoms with Gasteiger partial charge < -0.3 is 10.2 Å². The normalized spacial score (nSPS) is 28.7. The van der Waals surface area contributed by atoms with Crippen LogP contribution in [0.4, 0.5) is 0 Å². The topological polar surface area (TPSA) is 35.2 Å². The van der Waals surface area contributed by atoms with Crippen LogP contribution < -0.4 is 5.73 Å². The van der Waals surface area contributed by atoms with Crippen molar-refractivity contribution in [2.24, 2.45) is 11.7 Å². The quantitative estimate of drug-likeness (QED) is 0.735. The van der Waals surface area contributed by atoms with Crippen molar-refractivity contribution in [2.45, 2.75) is 57.8 Å². The molecule has 1 rings (SSSR count). The van der Waals surface area contributed by atoms with Crippen molar-refractivity contribution < 1.29 is 4.43 Å². The smallest absolute Gasteiger partial charge is 0.191 e. The van der Waals surface area contributed by atoms with Gasteiger partial charge in [0.05, 0.1) is 0 Å². The largest absolute Gasteiger partial charge is 0.417 e. The number of nitrogens with two attached hydrogens (primary N) is 1. The predicted octanol–water partition coefficient (Wildman–Crippen LogP) is 2.75. The Morgan fingerprint density at radius 3 is 2.14 bits per heavy atom. The molecule has 1 aliphatic carbocycles. The van der Waals surface area contributed by atoms with E-state index in [2.05, 4.69) is 33.9 Å². The van der Waals surface area contributed by atoms with Gasteiger partial charge in [-0.05, 0) is 36.9 Å². The molecule has 1 saturated carbocycles. The Bertz CT molecular complexity index is 192. The molecule has 0 spiro atoms. The highest BCUT2D eigenvalue weighted by molar-refractivity contribution is 6.74. The highest BCUT2D eigenvalue weighted by atomic mass is 28.4. The first kappa shape index (κ1) is 12.2. The molecule has 0 aromatic carbocycles. The van der Waals surface area contributed by atoms with Crippen LogP contribution in [0.5, 0.6) is 0 Å². The average molecular weight is 215 g/mol. The van der Waals surface area contributed by atoms with E-state index in [1.54, 1.807) is 0 Å². The molecule has 0 unspecified atom stereocenters. The Morgan fingerprint density at radius 1 is 1.29 bits per heavy atom. The van der Waals surface area contributed by atoms with Gasteiger partial charge in [-0.2, -0.15) is 0 Å². The summed E-state index contributed by atoms with van der Waals surface area (Å²) in [6.45, 7) is 12.4. The second kappa shape index (κ2) is 3.95. The van der Waals surface area contributed by atoms with E-state index in [0.717, 1.165) is 25.4 Å². The summed E-state index contributed by atoms with van der Waals surface area (Å²) in [6.07, 6.45) is 2.32. The van der Waals surface area contributed by atoms with Crippen molar-refractivity contribution in [3.8, 4) is 0 Å². The van der Waals surface area contributed by atoms with Crippen molar-refractivity contribution in [3.63, 3.8) is 0 Å². The minimum absolute atomic E-state index is 0.332. The molecule has 0 atom stereocenters. The van der Waals surface area contributed by atoms with E-state index < -0.39 is 8.32 Å². The predicted molar refractivity (Wildman–Crippen MR) is 63.8 cm³/mol. The van der Waals surface area contributed by atoms with Crippen LogP contribution in [0.1, 0.15) is 33.6 Å². The Hall–Kier alpha value is 0.137. The van der Waals surface area contributed by atoms with Crippen LogP contribution in [0.25, 0.3) is 0 Å². The second-order valence-electron chi connectivity index (χ2n) is 6.17. The van der Waals surface area contributed by atoms with E-state index in [-0.39, 0.29) is 0 Å². The Balaban J connectivity index is 2.30. The lowest BCUT2D eigenvalue weighted by molar-refractivity contribution is 0.148. The molecule has 0 bridgehead atoms. The summed E-state index contributed by atoms with van der Waals surface area (Å²) in [7, 11) is -1.51. The van der Waals surface area contributed by atoms with Gasteiger partial charge in [0, 0.05) is 12.6 Å². The summed E-state index contributed by atoms with van der Waals surface area (Å²) in [5, 5.41) is 0.332. The van der Waals surface area contributed by atoms with Gasteiger partial charge in [-0.15, -0.1) is 0 Å². The zero-order chi connectivity index (χ0) is 11.0. The summed E-state index contributed by atoms with van der Waals surface area (Å²) in [5.41, 5.74) is 5.75. The average Bonchev–Trinajstić information content (AvgIpc) is 1.93. The first-order valence-electron chi connectivity index (χ1n) is 5.62. The van der Waals surface area contributed by atoms with Gasteiger partial charge in [-0.3, -0.25) is 0 Å². The molecular weight excluding hydrogens is 190 g/mol. The van der Waals surface area contributed by atoms with Gasteiger partial charge >= 0.3 is 0 Å². The molecule has 2 N–H and O–H groups in total. The Labute approximate surface area is 89.3 Å². The SMILES string of the molecule is CC(C)(C)[Si](C)(C)OCC1CC(N)C1. The van der Waals surface area contributed by atoms with Gasteiger partial charge in [0.1, 0.15) is 0 Å². The first-order valence-corrected chi connectivity index (χ1v) is 8.53. The van der Waals surface area contributed by atoms with E-state index in [0.29, 0.717) is 11.1 Å². The van der Waals surface area contributed by atoms with Crippen LogP contribution in [-0.2, 0) is 4.43 Å². The van der Waals surface area contributed by atoms with Crippen LogP contribution in [0.3, 0.4) is 0 Å². The molecule has 0 aliphatic heterocycles. The molecule has 0 amide bonds. The van der Waals surface area contributed by atoms with Crippen molar-refractivity contribution >= 4 is 8.32 Å². The van der Waals surface area contributed by atoms with Gasteiger partial charge in [-0.25, -0.2) is 0 Å². The lowest BCUT2D eigenvalue weighted by Gasteiger charge is -2.40. The fraction of sp³-hybridized carbons (Fsp3) is 1.00. The summed E-state index contributed by atoms with van der Waals surface area (Å²) >= 11 is 0. The minimum Gasteiger partial charge on any atom is -0.417 e. The van der Waals surface area contributed by atoms with Crippen molar-refractivity contribution in [3.05, 3.63) is 0 Å². The van der Waals surface area contributed by atoms with Gasteiger partial charge in [-0.1, -0.05) is 20.8 Å². The van der Waals surface area contributed by atoms with Crippen molar-refractivity contribution in [1.82, 2.24) is 0 Å². The van der Waals surface area contributed by atoms with Crippen LogP contribution >= 0.6 is 0 Å². The minimum atomic E-state index is -1.51. The standard InChI is InChI=1S/C11H25NOSi/c1-11(2,3)14(4,5)13-8-9-6-10(12)7-9/h9-10H,6-8,12H2,1-5H3. The van der Waals surface area contributed by atoms with Crippen LogP contribution in [0.15, 0.2) is 0 Å². The van der Waals surface area contributed by atoms with Crippen LogP contribution in [0, 0.1) is 5.92 Å². The van der Waals surface area contributed by atoms with Gasteiger partial charge in [0.15, 0.2) is 8.32 Å². The number of hydrogen-bond acceptors (Lipinski definition) is 2. The molecule has 1 aliphatic rings. The molecule has 0 heterocycles. The fourth-order valence-electron chi connectivity index (χ4n) is 1.47. The molecule has 1 fully saturated rings. The summed E-state index contributed by atoms with van der Waals surface area (Å²) in [4.78, 5) is 0. The Morgan fingerprint density at radius 2 is 1.79 bits per heavy atom. The molecule has 0 aromatic rings. The monoisotopic (exact) mass is 215 g/mol. The van der Waals surface area contributed by atoms with E-state index in [9.17, 15) is 0 Å². The molecule has 14 heavy (non-hydrogen) atoms. The second-order valence-corrected chi connectivity index (χ2v) is 11.0. The Kier molecular flexibility index (Phi) is 3.44. The summed E-state index contributed by atoms with van der Waals surface area (Å²) in [5.74, 6) is 0.735. The number of rotatable bonds is 3. The maximum absolute atomic E-state index is 6.13. The molecule has 3 heteroatoms. The maximum Gasteiger partial charge on any atom is 0.191 e.